The Morgan fingerprint density at radius 1 is 1.05 bits per heavy atom. The molecular weight excluding hydrogens is 300 g/mol. The molecule has 0 amide bonds. The van der Waals surface area contributed by atoms with Gasteiger partial charge in [0.05, 0.1) is 11.5 Å². The van der Waals surface area contributed by atoms with Gasteiger partial charge in [-0.2, -0.15) is 0 Å². The molecule has 0 radical (unpaired) electrons. The lowest BCUT2D eigenvalue weighted by atomic mass is 10.1. The standard InChI is InChI=1S/C17H20O4S/c1-14-7-5-6-8-15(14)12-22(19,20)13-16(18)11-21-17-9-3-2-4-10-17/h2-10,16,18H,11-13H2,1H3. The van der Waals surface area contributed by atoms with Crippen LogP contribution < -0.4 is 4.74 Å². The first-order chi connectivity index (χ1) is 10.5. The highest BCUT2D eigenvalue weighted by molar-refractivity contribution is 7.90. The minimum Gasteiger partial charge on any atom is -0.491 e. The third kappa shape index (κ3) is 5.16. The highest BCUT2D eigenvalue weighted by Gasteiger charge is 2.19. The minimum absolute atomic E-state index is 0.0446. The van der Waals surface area contributed by atoms with Crippen LogP contribution in [0.15, 0.2) is 54.6 Å². The van der Waals surface area contributed by atoms with Crippen LogP contribution in [0.25, 0.3) is 0 Å². The van der Waals surface area contributed by atoms with E-state index in [0.717, 1.165) is 11.1 Å². The van der Waals surface area contributed by atoms with Crippen LogP contribution >= 0.6 is 0 Å². The zero-order valence-corrected chi connectivity index (χ0v) is 13.3. The first-order valence-corrected chi connectivity index (χ1v) is 8.89. The summed E-state index contributed by atoms with van der Waals surface area (Å²) in [6, 6.07) is 16.4. The summed E-state index contributed by atoms with van der Waals surface area (Å²) >= 11 is 0. The maximum atomic E-state index is 12.2. The lowest BCUT2D eigenvalue weighted by molar-refractivity contribution is 0.125. The van der Waals surface area contributed by atoms with Crippen LogP contribution in [-0.4, -0.2) is 32.0 Å². The predicted molar refractivity (Wildman–Crippen MR) is 86.6 cm³/mol. The highest BCUT2D eigenvalue weighted by atomic mass is 32.2. The molecule has 0 saturated heterocycles. The van der Waals surface area contributed by atoms with Gasteiger partial charge in [0.2, 0.25) is 0 Å². The SMILES string of the molecule is Cc1ccccc1CS(=O)(=O)CC(O)COc1ccccc1. The number of aryl methyl sites for hydroxylation is 1. The molecule has 2 aromatic carbocycles. The fraction of sp³-hybridized carbons (Fsp3) is 0.294. The van der Waals surface area contributed by atoms with Crippen molar-refractivity contribution in [1.82, 2.24) is 0 Å². The molecule has 0 fully saturated rings. The fourth-order valence-corrected chi connectivity index (χ4v) is 3.72. The van der Waals surface area contributed by atoms with E-state index in [1.54, 1.807) is 18.2 Å². The Balaban J connectivity index is 1.90. The molecule has 0 bridgehead atoms. The van der Waals surface area contributed by atoms with Gasteiger partial charge < -0.3 is 9.84 Å². The first-order valence-electron chi connectivity index (χ1n) is 7.07. The predicted octanol–water partition coefficient (Wildman–Crippen LogP) is 2.35. The lowest BCUT2D eigenvalue weighted by Gasteiger charge is -2.13. The van der Waals surface area contributed by atoms with Crippen molar-refractivity contribution >= 4 is 9.84 Å². The first kappa shape index (κ1) is 16.5. The maximum Gasteiger partial charge on any atom is 0.157 e. The average Bonchev–Trinajstić information content (AvgIpc) is 2.48. The summed E-state index contributed by atoms with van der Waals surface area (Å²) in [6.07, 6.45) is -1.05. The molecule has 0 saturated carbocycles. The number of benzene rings is 2. The summed E-state index contributed by atoms with van der Waals surface area (Å²) in [6.45, 7) is 1.83. The maximum absolute atomic E-state index is 12.2. The molecule has 5 heteroatoms. The van der Waals surface area contributed by atoms with Crippen molar-refractivity contribution in [3.8, 4) is 5.75 Å². The van der Waals surface area contributed by atoms with Crippen molar-refractivity contribution in [1.29, 1.82) is 0 Å². The highest BCUT2D eigenvalue weighted by Crippen LogP contribution is 2.13. The van der Waals surface area contributed by atoms with Crippen molar-refractivity contribution in [3.05, 3.63) is 65.7 Å². The Morgan fingerprint density at radius 2 is 1.68 bits per heavy atom. The third-order valence-electron chi connectivity index (χ3n) is 3.27. The topological polar surface area (TPSA) is 63.6 Å². The molecule has 1 atom stereocenters. The van der Waals surface area contributed by atoms with Gasteiger partial charge in [-0.25, -0.2) is 8.42 Å². The Hall–Kier alpha value is -1.85. The zero-order chi connectivity index (χ0) is 16.0. The number of hydrogen-bond acceptors (Lipinski definition) is 4. The Kier molecular flexibility index (Phi) is 5.57. The van der Waals surface area contributed by atoms with Crippen LogP contribution in [0.1, 0.15) is 11.1 Å². The van der Waals surface area contributed by atoms with E-state index >= 15 is 0 Å². The van der Waals surface area contributed by atoms with Crippen molar-refractivity contribution in [3.63, 3.8) is 0 Å². The normalized spacial score (nSPS) is 12.8. The van der Waals surface area contributed by atoms with E-state index in [0.29, 0.717) is 5.75 Å². The van der Waals surface area contributed by atoms with Gasteiger partial charge in [0.25, 0.3) is 0 Å². The molecule has 2 rings (SSSR count). The van der Waals surface area contributed by atoms with E-state index in [1.165, 1.54) is 0 Å². The van der Waals surface area contributed by atoms with E-state index < -0.39 is 15.9 Å². The summed E-state index contributed by atoms with van der Waals surface area (Å²) < 4.78 is 29.7. The number of para-hydroxylation sites is 1. The molecule has 0 aliphatic carbocycles. The molecule has 1 N–H and O–H groups in total. The number of sulfone groups is 1. The summed E-state index contributed by atoms with van der Waals surface area (Å²) in [5.41, 5.74) is 1.69. The van der Waals surface area contributed by atoms with Gasteiger partial charge in [0, 0.05) is 0 Å². The summed E-state index contributed by atoms with van der Waals surface area (Å²) in [5, 5.41) is 9.89. The van der Waals surface area contributed by atoms with Crippen LogP contribution in [0.2, 0.25) is 0 Å². The van der Waals surface area contributed by atoms with Crippen LogP contribution in [0, 0.1) is 6.92 Å². The van der Waals surface area contributed by atoms with Crippen LogP contribution in [0.3, 0.4) is 0 Å². The fourth-order valence-electron chi connectivity index (χ4n) is 2.12. The zero-order valence-electron chi connectivity index (χ0n) is 12.5. The summed E-state index contributed by atoms with van der Waals surface area (Å²) in [4.78, 5) is 0. The Bertz CT molecular complexity index is 696. The molecule has 4 nitrogen and oxygen atoms in total. The largest absolute Gasteiger partial charge is 0.491 e. The second kappa shape index (κ2) is 7.42. The van der Waals surface area contributed by atoms with Gasteiger partial charge in [-0.05, 0) is 30.2 Å². The molecule has 22 heavy (non-hydrogen) atoms. The molecule has 0 heterocycles. The van der Waals surface area contributed by atoms with Crippen molar-refractivity contribution in [2.24, 2.45) is 0 Å². The second-order valence-electron chi connectivity index (χ2n) is 5.26. The average molecular weight is 320 g/mol. The van der Waals surface area contributed by atoms with Crippen LogP contribution in [0.4, 0.5) is 0 Å². The molecule has 0 spiro atoms. The van der Waals surface area contributed by atoms with E-state index in [9.17, 15) is 13.5 Å². The van der Waals surface area contributed by atoms with Gasteiger partial charge >= 0.3 is 0 Å². The van der Waals surface area contributed by atoms with E-state index in [4.69, 9.17) is 4.74 Å². The van der Waals surface area contributed by atoms with Gasteiger partial charge in [0.15, 0.2) is 9.84 Å². The lowest BCUT2D eigenvalue weighted by Crippen LogP contribution is -2.28. The third-order valence-corrected chi connectivity index (χ3v) is 4.91. The summed E-state index contributed by atoms with van der Waals surface area (Å²) in [7, 11) is -3.39. The molecular formula is C17H20O4S. The molecule has 2 aromatic rings. The number of aliphatic hydroxyl groups is 1. The van der Waals surface area contributed by atoms with E-state index in [-0.39, 0.29) is 18.1 Å². The number of rotatable bonds is 7. The van der Waals surface area contributed by atoms with Crippen molar-refractivity contribution in [2.45, 2.75) is 18.8 Å². The van der Waals surface area contributed by atoms with Gasteiger partial charge in [0.1, 0.15) is 18.5 Å². The van der Waals surface area contributed by atoms with Gasteiger partial charge in [-0.1, -0.05) is 42.5 Å². The smallest absolute Gasteiger partial charge is 0.157 e. The molecule has 1 unspecified atom stereocenters. The Morgan fingerprint density at radius 3 is 2.36 bits per heavy atom. The molecule has 0 aromatic heterocycles. The van der Waals surface area contributed by atoms with E-state index in [2.05, 4.69) is 0 Å². The molecule has 0 aliphatic rings. The number of aliphatic hydroxyl groups excluding tert-OH is 1. The Labute approximate surface area is 131 Å². The molecule has 118 valence electrons. The molecule has 0 aliphatic heterocycles. The second-order valence-corrected chi connectivity index (χ2v) is 7.37. The minimum atomic E-state index is -3.39. The summed E-state index contributed by atoms with van der Waals surface area (Å²) in [5.74, 6) is 0.230. The van der Waals surface area contributed by atoms with Crippen LogP contribution in [-0.2, 0) is 15.6 Å². The van der Waals surface area contributed by atoms with Gasteiger partial charge in [-0.15, -0.1) is 0 Å². The van der Waals surface area contributed by atoms with Crippen LogP contribution in [0.5, 0.6) is 5.75 Å². The van der Waals surface area contributed by atoms with Gasteiger partial charge in [-0.3, -0.25) is 0 Å². The quantitative estimate of drug-likeness (QED) is 0.850. The number of hydrogen-bond donors (Lipinski definition) is 1. The van der Waals surface area contributed by atoms with E-state index in [1.807, 2.05) is 43.3 Å². The van der Waals surface area contributed by atoms with Crippen molar-refractivity contribution in [2.75, 3.05) is 12.4 Å². The number of ether oxygens (including phenoxy) is 1. The van der Waals surface area contributed by atoms with Crippen molar-refractivity contribution < 1.29 is 18.3 Å². The monoisotopic (exact) mass is 320 g/mol.